The first kappa shape index (κ1) is 12.4. The average molecular weight is 273 g/mol. The quantitative estimate of drug-likeness (QED) is 0.838. The number of nitrogens with zero attached hydrogens (tertiary/aromatic N) is 1. The fourth-order valence-corrected chi connectivity index (χ4v) is 3.52. The molecule has 0 atom stereocenters. The van der Waals surface area contributed by atoms with Crippen molar-refractivity contribution in [2.75, 3.05) is 7.11 Å². The molecule has 0 unspecified atom stereocenters. The van der Waals surface area contributed by atoms with Crippen molar-refractivity contribution in [3.63, 3.8) is 0 Å². The third-order valence-electron chi connectivity index (χ3n) is 3.41. The van der Waals surface area contributed by atoms with Crippen molar-refractivity contribution in [1.82, 2.24) is 4.98 Å². The van der Waals surface area contributed by atoms with E-state index in [1.807, 2.05) is 19.1 Å². The van der Waals surface area contributed by atoms with Gasteiger partial charge in [-0.1, -0.05) is 0 Å². The molecular formula is C15H15NO2S. The summed E-state index contributed by atoms with van der Waals surface area (Å²) in [6, 6.07) is 6.01. The molecule has 2 aromatic rings. The van der Waals surface area contributed by atoms with Crippen LogP contribution in [0.25, 0.3) is 10.6 Å². The van der Waals surface area contributed by atoms with Gasteiger partial charge in [0.2, 0.25) is 0 Å². The molecule has 0 radical (unpaired) electrons. The molecule has 1 aliphatic rings. The number of fused-ring (bicyclic) bond motifs is 1. The van der Waals surface area contributed by atoms with Crippen LogP contribution >= 0.6 is 11.3 Å². The van der Waals surface area contributed by atoms with Gasteiger partial charge in [0.05, 0.1) is 7.11 Å². The van der Waals surface area contributed by atoms with Crippen LogP contribution in [0.2, 0.25) is 0 Å². The lowest BCUT2D eigenvalue weighted by Crippen LogP contribution is -2.08. The van der Waals surface area contributed by atoms with Gasteiger partial charge >= 0.3 is 0 Å². The second-order valence-corrected chi connectivity index (χ2v) is 5.84. The highest BCUT2D eigenvalue weighted by atomic mass is 32.1. The molecule has 19 heavy (non-hydrogen) atoms. The predicted molar refractivity (Wildman–Crippen MR) is 76.1 cm³/mol. The van der Waals surface area contributed by atoms with E-state index < -0.39 is 0 Å². The maximum absolute atomic E-state index is 11.8. The van der Waals surface area contributed by atoms with E-state index in [9.17, 15) is 4.79 Å². The largest absolute Gasteiger partial charge is 0.496 e. The summed E-state index contributed by atoms with van der Waals surface area (Å²) in [4.78, 5) is 17.5. The van der Waals surface area contributed by atoms with Crippen molar-refractivity contribution in [1.29, 1.82) is 0 Å². The number of carbonyl (C=O) groups excluding carboxylic acids is 1. The van der Waals surface area contributed by atoms with Crippen LogP contribution < -0.4 is 4.74 Å². The predicted octanol–water partition coefficient (Wildman–Crippen LogP) is 3.65. The monoisotopic (exact) mass is 273 g/mol. The molecule has 0 saturated heterocycles. The number of ether oxygens (including phenoxy) is 1. The third kappa shape index (κ3) is 2.16. The fraction of sp³-hybridized carbons (Fsp3) is 0.333. The molecule has 98 valence electrons. The number of rotatable bonds is 2. The van der Waals surface area contributed by atoms with Crippen molar-refractivity contribution >= 4 is 17.1 Å². The summed E-state index contributed by atoms with van der Waals surface area (Å²) in [6.07, 6.45) is 2.57. The van der Waals surface area contributed by atoms with Gasteiger partial charge in [-0.05, 0) is 43.5 Å². The third-order valence-corrected chi connectivity index (χ3v) is 4.58. The minimum absolute atomic E-state index is 0.189. The summed E-state index contributed by atoms with van der Waals surface area (Å²) in [5.41, 5.74) is 2.84. The van der Waals surface area contributed by atoms with E-state index >= 15 is 0 Å². The first-order valence-electron chi connectivity index (χ1n) is 6.37. The normalized spacial score (nSPS) is 14.3. The minimum atomic E-state index is 0.189. The second-order valence-electron chi connectivity index (χ2n) is 4.75. The number of aryl methyl sites for hydroxylation is 2. The lowest BCUT2D eigenvalue weighted by molar-refractivity contribution is 0.0968. The summed E-state index contributed by atoms with van der Waals surface area (Å²) >= 11 is 1.64. The first-order valence-corrected chi connectivity index (χ1v) is 7.18. The first-order chi connectivity index (χ1) is 9.19. The Morgan fingerprint density at radius 1 is 1.32 bits per heavy atom. The number of Topliss-reactive ketones (excluding diaryl/α,β-unsaturated/α-hetero) is 1. The minimum Gasteiger partial charge on any atom is -0.496 e. The molecule has 0 aliphatic heterocycles. The molecule has 4 heteroatoms. The fourth-order valence-electron chi connectivity index (χ4n) is 2.40. The van der Waals surface area contributed by atoms with Crippen LogP contribution in [0.3, 0.4) is 0 Å². The number of thiazole rings is 1. The Morgan fingerprint density at radius 3 is 2.84 bits per heavy atom. The van der Waals surface area contributed by atoms with Gasteiger partial charge in [-0.3, -0.25) is 4.79 Å². The molecule has 0 saturated carbocycles. The van der Waals surface area contributed by atoms with Gasteiger partial charge in [-0.15, -0.1) is 11.3 Å². The van der Waals surface area contributed by atoms with E-state index in [1.165, 1.54) is 0 Å². The van der Waals surface area contributed by atoms with Gasteiger partial charge < -0.3 is 4.74 Å². The molecule has 1 heterocycles. The van der Waals surface area contributed by atoms with Crippen LogP contribution in [0.1, 0.15) is 33.8 Å². The number of hydrogen-bond acceptors (Lipinski definition) is 4. The molecule has 0 bridgehead atoms. The zero-order valence-electron chi connectivity index (χ0n) is 11.0. The molecule has 1 aromatic heterocycles. The Kier molecular flexibility index (Phi) is 3.11. The number of carbonyl (C=O) groups is 1. The van der Waals surface area contributed by atoms with Crippen LogP contribution in [-0.4, -0.2) is 17.9 Å². The molecule has 3 rings (SSSR count). The SMILES string of the molecule is COc1ccc(-c2nc3c(s2)CCCC3=O)cc1C. The van der Waals surface area contributed by atoms with Gasteiger partial charge in [0.15, 0.2) is 5.78 Å². The zero-order valence-corrected chi connectivity index (χ0v) is 11.8. The number of aromatic nitrogens is 1. The Labute approximate surface area is 116 Å². The van der Waals surface area contributed by atoms with E-state index in [4.69, 9.17) is 4.74 Å². The van der Waals surface area contributed by atoms with Crippen LogP contribution in [0.15, 0.2) is 18.2 Å². The average Bonchev–Trinajstić information content (AvgIpc) is 2.84. The van der Waals surface area contributed by atoms with Gasteiger partial charge in [0.25, 0.3) is 0 Å². The van der Waals surface area contributed by atoms with E-state index in [0.29, 0.717) is 12.1 Å². The van der Waals surface area contributed by atoms with Crippen LogP contribution in [0, 0.1) is 6.92 Å². The Hall–Kier alpha value is -1.68. The molecular weight excluding hydrogens is 258 g/mol. The Bertz CT molecular complexity index is 646. The zero-order chi connectivity index (χ0) is 13.4. The molecule has 1 aromatic carbocycles. The summed E-state index contributed by atoms with van der Waals surface area (Å²) in [5, 5.41) is 0.936. The lowest BCUT2D eigenvalue weighted by Gasteiger charge is -2.06. The molecule has 0 N–H and O–H groups in total. The highest BCUT2D eigenvalue weighted by Gasteiger charge is 2.22. The number of methoxy groups -OCH3 is 1. The van der Waals surface area contributed by atoms with Gasteiger partial charge in [0, 0.05) is 16.9 Å². The van der Waals surface area contributed by atoms with Crippen molar-refractivity contribution in [2.24, 2.45) is 0 Å². The standard InChI is InChI=1S/C15H15NO2S/c1-9-8-10(6-7-12(9)18-2)15-16-14-11(17)4-3-5-13(14)19-15/h6-8H,3-5H2,1-2H3. The maximum Gasteiger partial charge on any atom is 0.182 e. The highest BCUT2D eigenvalue weighted by Crippen LogP contribution is 2.34. The van der Waals surface area contributed by atoms with Gasteiger partial charge in [-0.2, -0.15) is 0 Å². The summed E-state index contributed by atoms with van der Waals surface area (Å²) in [7, 11) is 1.67. The van der Waals surface area contributed by atoms with Gasteiger partial charge in [-0.25, -0.2) is 4.98 Å². The number of hydrogen-bond donors (Lipinski definition) is 0. The summed E-state index contributed by atoms with van der Waals surface area (Å²) in [6.45, 7) is 2.01. The van der Waals surface area contributed by atoms with E-state index in [-0.39, 0.29) is 5.78 Å². The van der Waals surface area contributed by atoms with Crippen molar-refractivity contribution in [3.8, 4) is 16.3 Å². The van der Waals surface area contributed by atoms with E-state index in [2.05, 4.69) is 11.1 Å². The second kappa shape index (κ2) is 4.78. The lowest BCUT2D eigenvalue weighted by atomic mass is 10.0. The summed E-state index contributed by atoms with van der Waals surface area (Å²) < 4.78 is 5.26. The highest BCUT2D eigenvalue weighted by molar-refractivity contribution is 7.15. The molecule has 0 spiro atoms. The summed E-state index contributed by atoms with van der Waals surface area (Å²) in [5.74, 6) is 1.06. The van der Waals surface area contributed by atoms with Gasteiger partial charge in [0.1, 0.15) is 16.5 Å². The van der Waals surface area contributed by atoms with E-state index in [1.54, 1.807) is 18.4 Å². The Balaban J connectivity index is 2.03. The van der Waals surface area contributed by atoms with Crippen LogP contribution in [0.4, 0.5) is 0 Å². The Morgan fingerprint density at radius 2 is 2.16 bits per heavy atom. The molecule has 1 aliphatic carbocycles. The van der Waals surface area contributed by atoms with E-state index in [0.717, 1.165) is 39.6 Å². The molecule has 0 amide bonds. The van der Waals surface area contributed by atoms with Crippen LogP contribution in [0.5, 0.6) is 5.75 Å². The van der Waals surface area contributed by atoms with Crippen LogP contribution in [-0.2, 0) is 6.42 Å². The topological polar surface area (TPSA) is 39.2 Å². The van der Waals surface area contributed by atoms with Crippen molar-refractivity contribution in [3.05, 3.63) is 34.3 Å². The van der Waals surface area contributed by atoms with Crippen molar-refractivity contribution in [2.45, 2.75) is 26.2 Å². The smallest absolute Gasteiger partial charge is 0.182 e. The number of ketones is 1. The molecule has 0 fully saturated rings. The number of benzene rings is 1. The van der Waals surface area contributed by atoms with Crippen molar-refractivity contribution < 1.29 is 9.53 Å². The molecule has 3 nitrogen and oxygen atoms in total. The maximum atomic E-state index is 11.8.